The molecule has 34 heavy (non-hydrogen) atoms. The van der Waals surface area contributed by atoms with Gasteiger partial charge in [0.1, 0.15) is 24.4 Å². The van der Waals surface area contributed by atoms with Gasteiger partial charge in [0.25, 0.3) is 0 Å². The second-order valence-corrected chi connectivity index (χ2v) is 9.65. The van der Waals surface area contributed by atoms with Crippen LogP contribution in [0.25, 0.3) is 0 Å². The molecule has 0 spiro atoms. The van der Waals surface area contributed by atoms with Crippen LogP contribution in [0.4, 0.5) is 0 Å². The number of hydrogen-bond donors (Lipinski definition) is 4. The van der Waals surface area contributed by atoms with E-state index in [0.717, 1.165) is 6.42 Å². The summed E-state index contributed by atoms with van der Waals surface area (Å²) in [5, 5.41) is 29.1. The van der Waals surface area contributed by atoms with Crippen LogP contribution < -0.4 is 5.73 Å². The van der Waals surface area contributed by atoms with Crippen LogP contribution in [0.1, 0.15) is 96.8 Å². The van der Waals surface area contributed by atoms with Crippen molar-refractivity contribution in [3.63, 3.8) is 0 Å². The van der Waals surface area contributed by atoms with Gasteiger partial charge in [-0.3, -0.25) is 0 Å². The van der Waals surface area contributed by atoms with Crippen LogP contribution in [-0.2, 0) is 18.9 Å². The summed E-state index contributed by atoms with van der Waals surface area (Å²) < 4.78 is 22.2. The van der Waals surface area contributed by atoms with E-state index in [1.807, 2.05) is 0 Å². The molecule has 1 saturated heterocycles. The predicted octanol–water partition coefficient (Wildman–Crippen LogP) is 3.28. The van der Waals surface area contributed by atoms with Crippen LogP contribution in [0, 0.1) is 0 Å². The summed E-state index contributed by atoms with van der Waals surface area (Å²) in [5.41, 5.74) is 5.88. The van der Waals surface area contributed by atoms with Crippen molar-refractivity contribution in [2.24, 2.45) is 5.73 Å². The van der Waals surface area contributed by atoms with Crippen LogP contribution in [0.3, 0.4) is 0 Å². The highest BCUT2D eigenvalue weighted by molar-refractivity contribution is 4.91. The Morgan fingerprint density at radius 3 is 1.82 bits per heavy atom. The first-order valence-corrected chi connectivity index (χ1v) is 13.6. The van der Waals surface area contributed by atoms with Gasteiger partial charge in [-0.05, 0) is 6.42 Å². The Morgan fingerprint density at radius 2 is 1.32 bits per heavy atom. The molecule has 204 valence electrons. The number of aliphatic hydroxyl groups is 3. The second kappa shape index (κ2) is 20.8. The number of aliphatic hydroxyl groups excluding tert-OH is 3. The van der Waals surface area contributed by atoms with E-state index in [1.165, 1.54) is 83.5 Å². The highest BCUT2D eigenvalue weighted by Gasteiger charge is 2.43. The molecule has 8 heteroatoms. The topological polar surface area (TPSA) is 124 Å². The van der Waals surface area contributed by atoms with Crippen LogP contribution >= 0.6 is 0 Å². The molecule has 0 aromatic carbocycles. The Morgan fingerprint density at radius 1 is 0.794 bits per heavy atom. The number of hydrogen-bond acceptors (Lipinski definition) is 8. The maximum atomic E-state index is 10.00. The minimum atomic E-state index is -1.24. The first-order valence-electron chi connectivity index (χ1n) is 13.6. The molecular weight excluding hydrogens is 438 g/mol. The van der Waals surface area contributed by atoms with E-state index in [1.54, 1.807) is 7.11 Å². The van der Waals surface area contributed by atoms with Crippen LogP contribution in [0.2, 0.25) is 0 Å². The lowest BCUT2D eigenvalue weighted by Crippen LogP contribution is -2.62. The Balaban J connectivity index is 1.97. The molecule has 0 aromatic rings. The normalized spacial score (nSPS) is 26.1. The van der Waals surface area contributed by atoms with E-state index < -0.39 is 37.3 Å². The van der Waals surface area contributed by atoms with Crippen molar-refractivity contribution in [1.29, 1.82) is 0 Å². The van der Waals surface area contributed by atoms with Gasteiger partial charge in [0.05, 0.1) is 25.9 Å². The number of rotatable bonds is 22. The molecular formula is C26H53NO7. The molecule has 1 fully saturated rings. The Bertz CT molecular complexity index is 455. The van der Waals surface area contributed by atoms with Gasteiger partial charge in [0, 0.05) is 13.7 Å². The van der Waals surface area contributed by atoms with Crippen molar-refractivity contribution in [3.05, 3.63) is 0 Å². The number of methoxy groups -OCH3 is 1. The van der Waals surface area contributed by atoms with E-state index in [-0.39, 0.29) is 12.7 Å². The van der Waals surface area contributed by atoms with Crippen molar-refractivity contribution < 1.29 is 34.3 Å². The summed E-state index contributed by atoms with van der Waals surface area (Å²) in [7, 11) is 1.58. The quantitative estimate of drug-likeness (QED) is 0.170. The Labute approximate surface area is 207 Å². The van der Waals surface area contributed by atoms with Crippen LogP contribution in [0.5, 0.6) is 0 Å². The van der Waals surface area contributed by atoms with Gasteiger partial charge in [0.15, 0.2) is 6.29 Å². The largest absolute Gasteiger partial charge is 0.394 e. The zero-order valence-electron chi connectivity index (χ0n) is 21.7. The number of unbranched alkanes of at least 4 members (excludes halogenated alkanes) is 13. The zero-order chi connectivity index (χ0) is 25.0. The molecule has 6 atom stereocenters. The first-order chi connectivity index (χ1) is 16.5. The summed E-state index contributed by atoms with van der Waals surface area (Å²) in [6, 6.07) is -0.910. The Hall–Kier alpha value is -0.320. The molecule has 0 radical (unpaired) electrons. The average molecular weight is 492 g/mol. The van der Waals surface area contributed by atoms with Crippen LogP contribution in [-0.4, -0.2) is 85.6 Å². The molecule has 1 heterocycles. The van der Waals surface area contributed by atoms with E-state index in [9.17, 15) is 15.3 Å². The molecule has 8 nitrogen and oxygen atoms in total. The van der Waals surface area contributed by atoms with E-state index in [4.69, 9.17) is 24.7 Å². The highest BCUT2D eigenvalue weighted by atomic mass is 16.7. The van der Waals surface area contributed by atoms with E-state index in [0.29, 0.717) is 13.2 Å². The summed E-state index contributed by atoms with van der Waals surface area (Å²) in [4.78, 5) is 0. The number of ether oxygens (including phenoxy) is 4. The SMILES string of the molecule is CCCCCCCCCCCCCCCCOC[C@@H](CO[C@H]1O[C@H](CO)[C@H](O)[C@H](O)[C@H]1N)OC. The minimum Gasteiger partial charge on any atom is -0.394 e. The van der Waals surface area contributed by atoms with Gasteiger partial charge in [-0.25, -0.2) is 0 Å². The summed E-state index contributed by atoms with van der Waals surface area (Å²) in [5.74, 6) is 0. The van der Waals surface area contributed by atoms with Crippen molar-refractivity contribution in [1.82, 2.24) is 0 Å². The fourth-order valence-corrected chi connectivity index (χ4v) is 4.25. The molecule has 0 unspecified atom stereocenters. The highest BCUT2D eigenvalue weighted by Crippen LogP contribution is 2.21. The fraction of sp³-hybridized carbons (Fsp3) is 1.00. The second-order valence-electron chi connectivity index (χ2n) is 9.65. The molecule has 0 aromatic heterocycles. The summed E-state index contributed by atoms with van der Waals surface area (Å²) in [6.45, 7) is 3.10. The first kappa shape index (κ1) is 31.7. The molecule has 0 amide bonds. The lowest BCUT2D eigenvalue weighted by Gasteiger charge is -2.40. The number of nitrogens with two attached hydrogens (primary N) is 1. The third-order valence-electron chi connectivity index (χ3n) is 6.65. The molecule has 1 aliphatic heterocycles. The molecule has 1 aliphatic rings. The maximum Gasteiger partial charge on any atom is 0.175 e. The minimum absolute atomic E-state index is 0.175. The standard InChI is InChI=1S/C26H53NO7/c1-3-4-5-6-7-8-9-10-11-12-13-14-15-16-17-32-19-21(31-2)20-33-26-23(27)25(30)24(29)22(18-28)34-26/h21-26,28-30H,3-20,27H2,1-2H3/t21-,22+,23+,24-,25+,26-/m0/s1. The zero-order valence-corrected chi connectivity index (χ0v) is 21.7. The lowest BCUT2D eigenvalue weighted by atomic mass is 9.98. The van der Waals surface area contributed by atoms with Gasteiger partial charge in [0.2, 0.25) is 0 Å². The predicted molar refractivity (Wildman–Crippen MR) is 134 cm³/mol. The van der Waals surface area contributed by atoms with E-state index >= 15 is 0 Å². The monoisotopic (exact) mass is 491 g/mol. The molecule has 0 aliphatic carbocycles. The Kier molecular flexibility index (Phi) is 19.4. The van der Waals surface area contributed by atoms with Crippen LogP contribution in [0.15, 0.2) is 0 Å². The maximum absolute atomic E-state index is 10.00. The van der Waals surface area contributed by atoms with Crippen molar-refractivity contribution in [3.8, 4) is 0 Å². The van der Waals surface area contributed by atoms with Crippen molar-refractivity contribution in [2.75, 3.05) is 33.5 Å². The van der Waals surface area contributed by atoms with Gasteiger partial charge in [-0.1, -0.05) is 90.4 Å². The third-order valence-corrected chi connectivity index (χ3v) is 6.65. The fourth-order valence-electron chi connectivity index (χ4n) is 4.25. The molecule has 0 saturated carbocycles. The lowest BCUT2D eigenvalue weighted by molar-refractivity contribution is -0.271. The van der Waals surface area contributed by atoms with Crippen molar-refractivity contribution >= 4 is 0 Å². The van der Waals surface area contributed by atoms with E-state index in [2.05, 4.69) is 6.92 Å². The van der Waals surface area contributed by atoms with Crippen molar-refractivity contribution in [2.45, 2.75) is 134 Å². The average Bonchev–Trinajstić information content (AvgIpc) is 2.85. The van der Waals surface area contributed by atoms with Gasteiger partial charge < -0.3 is 40.0 Å². The van der Waals surface area contributed by atoms with Gasteiger partial charge in [-0.15, -0.1) is 0 Å². The summed E-state index contributed by atoms with van der Waals surface area (Å²) >= 11 is 0. The molecule has 5 N–H and O–H groups in total. The smallest absolute Gasteiger partial charge is 0.175 e. The van der Waals surface area contributed by atoms with Gasteiger partial charge in [-0.2, -0.15) is 0 Å². The summed E-state index contributed by atoms with van der Waals surface area (Å²) in [6.07, 6.45) is 14.0. The molecule has 1 rings (SSSR count). The third kappa shape index (κ3) is 13.7. The van der Waals surface area contributed by atoms with Gasteiger partial charge >= 0.3 is 0 Å². The molecule has 0 bridgehead atoms.